The largest absolute Gasteiger partial charge is 0.488 e. The molecule has 0 unspecified atom stereocenters. The monoisotopic (exact) mass is 436 g/mol. The minimum Gasteiger partial charge on any atom is -0.488 e. The molecule has 128 valence electrons. The molecule has 0 aliphatic rings. The molecule has 25 heavy (non-hydrogen) atoms. The third-order valence-electron chi connectivity index (χ3n) is 3.17. The van der Waals surface area contributed by atoms with Crippen molar-refractivity contribution in [1.29, 1.82) is 0 Å². The molecule has 0 aliphatic carbocycles. The maximum Gasteiger partial charge on any atom is 0.205 e. The van der Waals surface area contributed by atoms with Crippen LogP contribution in [0, 0.1) is 0 Å². The first-order valence-electron chi connectivity index (χ1n) is 7.27. The second-order valence-electron chi connectivity index (χ2n) is 5.04. The first kappa shape index (κ1) is 17.7. The predicted molar refractivity (Wildman–Crippen MR) is 108 cm³/mol. The fourth-order valence-corrected chi connectivity index (χ4v) is 2.98. The Labute approximate surface area is 162 Å². The summed E-state index contributed by atoms with van der Waals surface area (Å²) in [5.74, 6) is 1.15. The van der Waals surface area contributed by atoms with Crippen LogP contribution in [-0.2, 0) is 6.61 Å². The fourth-order valence-electron chi connectivity index (χ4n) is 1.99. The summed E-state index contributed by atoms with van der Waals surface area (Å²) in [4.78, 5) is 4.08. The van der Waals surface area contributed by atoms with Gasteiger partial charge in [0.1, 0.15) is 18.2 Å². The van der Waals surface area contributed by atoms with Gasteiger partial charge in [-0.2, -0.15) is 5.10 Å². The maximum atomic E-state index is 6.08. The van der Waals surface area contributed by atoms with Crippen molar-refractivity contribution >= 4 is 56.0 Å². The standard InChI is InChI=1S/C17H14BrClN4OS/c18-13-3-1-11(2-4-13)9-24-15-6-5-14(19)7-12(15)8-21-23-17-22-16(20)10-25-17/h1-8,10H,9,20H2,(H,22,23). The molecule has 3 aromatic rings. The van der Waals surface area contributed by atoms with Gasteiger partial charge in [0.2, 0.25) is 5.13 Å². The summed E-state index contributed by atoms with van der Waals surface area (Å²) in [5, 5.41) is 7.13. The van der Waals surface area contributed by atoms with Gasteiger partial charge < -0.3 is 10.5 Å². The Morgan fingerprint density at radius 2 is 2.08 bits per heavy atom. The summed E-state index contributed by atoms with van der Waals surface area (Å²) in [6.07, 6.45) is 1.64. The van der Waals surface area contributed by atoms with Crippen molar-refractivity contribution in [2.75, 3.05) is 11.2 Å². The third kappa shape index (κ3) is 5.19. The molecule has 0 amide bonds. The van der Waals surface area contributed by atoms with Crippen LogP contribution in [-0.4, -0.2) is 11.2 Å². The number of hydrazone groups is 1. The van der Waals surface area contributed by atoms with Crippen molar-refractivity contribution in [3.63, 3.8) is 0 Å². The molecule has 3 N–H and O–H groups in total. The molecular formula is C17H14BrClN4OS. The second-order valence-corrected chi connectivity index (χ2v) is 7.26. The molecule has 0 atom stereocenters. The van der Waals surface area contributed by atoms with E-state index in [4.69, 9.17) is 22.1 Å². The lowest BCUT2D eigenvalue weighted by molar-refractivity contribution is 0.306. The molecule has 8 heteroatoms. The van der Waals surface area contributed by atoms with Crippen molar-refractivity contribution in [2.24, 2.45) is 5.10 Å². The summed E-state index contributed by atoms with van der Waals surface area (Å²) in [6.45, 7) is 0.451. The topological polar surface area (TPSA) is 72.5 Å². The van der Waals surface area contributed by atoms with Crippen molar-refractivity contribution < 1.29 is 4.74 Å². The lowest BCUT2D eigenvalue weighted by Gasteiger charge is -2.09. The Morgan fingerprint density at radius 3 is 2.80 bits per heavy atom. The van der Waals surface area contributed by atoms with Gasteiger partial charge in [-0.05, 0) is 35.9 Å². The predicted octanol–water partition coefficient (Wildman–Crippen LogP) is 5.17. The lowest BCUT2D eigenvalue weighted by Crippen LogP contribution is -1.99. The Balaban J connectivity index is 1.70. The van der Waals surface area contributed by atoms with Crippen LogP contribution >= 0.6 is 38.9 Å². The minimum atomic E-state index is 0.451. The van der Waals surface area contributed by atoms with Gasteiger partial charge in [0.15, 0.2) is 0 Å². The number of thiazole rings is 1. The van der Waals surface area contributed by atoms with Crippen molar-refractivity contribution in [1.82, 2.24) is 4.98 Å². The number of hydrogen-bond acceptors (Lipinski definition) is 6. The van der Waals surface area contributed by atoms with E-state index in [0.717, 1.165) is 15.6 Å². The highest BCUT2D eigenvalue weighted by Gasteiger charge is 2.04. The number of nitrogens with two attached hydrogens (primary N) is 1. The van der Waals surface area contributed by atoms with Crippen LogP contribution in [0.15, 0.2) is 57.4 Å². The van der Waals surface area contributed by atoms with E-state index in [0.29, 0.717) is 28.3 Å². The number of ether oxygens (including phenoxy) is 1. The van der Waals surface area contributed by atoms with Crippen LogP contribution in [0.5, 0.6) is 5.75 Å². The van der Waals surface area contributed by atoms with Gasteiger partial charge in [-0.1, -0.05) is 39.7 Å². The number of nitrogens with one attached hydrogen (secondary N) is 1. The number of anilines is 2. The molecule has 0 bridgehead atoms. The van der Waals surface area contributed by atoms with Crippen LogP contribution in [0.1, 0.15) is 11.1 Å². The number of nitrogen functional groups attached to an aromatic ring is 1. The summed E-state index contributed by atoms with van der Waals surface area (Å²) in [7, 11) is 0. The van der Waals surface area contributed by atoms with E-state index in [1.54, 1.807) is 23.7 Å². The zero-order valence-electron chi connectivity index (χ0n) is 12.9. The van der Waals surface area contributed by atoms with Crippen molar-refractivity contribution in [2.45, 2.75) is 6.61 Å². The van der Waals surface area contributed by atoms with Crippen LogP contribution < -0.4 is 15.9 Å². The van der Waals surface area contributed by atoms with Crippen LogP contribution in [0.3, 0.4) is 0 Å². The van der Waals surface area contributed by atoms with E-state index in [1.165, 1.54) is 11.3 Å². The number of hydrogen-bond donors (Lipinski definition) is 2. The van der Waals surface area contributed by atoms with Gasteiger partial charge in [-0.15, -0.1) is 11.3 Å². The first-order valence-corrected chi connectivity index (χ1v) is 9.32. The van der Waals surface area contributed by atoms with Crippen LogP contribution in [0.25, 0.3) is 0 Å². The Hall–Kier alpha value is -2.09. The number of nitrogens with zero attached hydrogens (tertiary/aromatic N) is 2. The molecule has 0 fully saturated rings. The molecule has 3 rings (SSSR count). The number of rotatable bonds is 6. The molecule has 5 nitrogen and oxygen atoms in total. The minimum absolute atomic E-state index is 0.451. The third-order valence-corrected chi connectivity index (χ3v) is 4.69. The highest BCUT2D eigenvalue weighted by atomic mass is 79.9. The highest BCUT2D eigenvalue weighted by Crippen LogP contribution is 2.23. The van der Waals surface area contributed by atoms with Crippen LogP contribution in [0.4, 0.5) is 10.9 Å². The molecule has 0 saturated heterocycles. The molecule has 1 aromatic heterocycles. The molecule has 0 radical (unpaired) electrons. The number of benzene rings is 2. The zero-order chi connectivity index (χ0) is 17.6. The second kappa shape index (κ2) is 8.33. The van der Waals surface area contributed by atoms with Gasteiger partial charge in [-0.3, -0.25) is 5.43 Å². The average Bonchev–Trinajstić information content (AvgIpc) is 3.01. The normalized spacial score (nSPS) is 11.0. The average molecular weight is 438 g/mol. The van der Waals surface area contributed by atoms with Crippen molar-refractivity contribution in [3.8, 4) is 5.75 Å². The van der Waals surface area contributed by atoms with Gasteiger partial charge in [0, 0.05) is 20.4 Å². The van der Waals surface area contributed by atoms with E-state index in [9.17, 15) is 0 Å². The quantitative estimate of drug-likeness (QED) is 0.412. The van der Waals surface area contributed by atoms with Gasteiger partial charge in [-0.25, -0.2) is 4.98 Å². The smallest absolute Gasteiger partial charge is 0.205 e. The van der Waals surface area contributed by atoms with Crippen molar-refractivity contribution in [3.05, 3.63) is 68.5 Å². The van der Waals surface area contributed by atoms with Gasteiger partial charge >= 0.3 is 0 Å². The summed E-state index contributed by atoms with van der Waals surface area (Å²) < 4.78 is 6.93. The SMILES string of the molecule is Nc1csc(NN=Cc2cc(Cl)ccc2OCc2ccc(Br)cc2)n1. The number of aromatic nitrogens is 1. The van der Waals surface area contributed by atoms with E-state index in [1.807, 2.05) is 30.3 Å². The Bertz CT molecular complexity index is 883. The molecule has 0 spiro atoms. The molecule has 0 saturated carbocycles. The van der Waals surface area contributed by atoms with Crippen LogP contribution in [0.2, 0.25) is 5.02 Å². The van der Waals surface area contributed by atoms with E-state index in [2.05, 4.69) is 31.4 Å². The zero-order valence-corrected chi connectivity index (χ0v) is 16.1. The molecule has 0 aliphatic heterocycles. The summed E-state index contributed by atoms with van der Waals surface area (Å²) in [6, 6.07) is 13.4. The van der Waals surface area contributed by atoms with Gasteiger partial charge in [0.25, 0.3) is 0 Å². The molecule has 2 aromatic carbocycles. The van der Waals surface area contributed by atoms with Gasteiger partial charge in [0.05, 0.1) is 6.21 Å². The highest BCUT2D eigenvalue weighted by molar-refractivity contribution is 9.10. The fraction of sp³-hybridized carbons (Fsp3) is 0.0588. The first-order chi connectivity index (χ1) is 12.1. The van der Waals surface area contributed by atoms with E-state index in [-0.39, 0.29) is 0 Å². The Kier molecular flexibility index (Phi) is 5.91. The lowest BCUT2D eigenvalue weighted by atomic mass is 10.2. The van der Waals surface area contributed by atoms with E-state index >= 15 is 0 Å². The maximum absolute atomic E-state index is 6.08. The summed E-state index contributed by atoms with van der Waals surface area (Å²) in [5.41, 5.74) is 10.2. The molecule has 1 heterocycles. The van der Waals surface area contributed by atoms with E-state index < -0.39 is 0 Å². The summed E-state index contributed by atoms with van der Waals surface area (Å²) >= 11 is 10.9. The number of halogens is 2. The molecular weight excluding hydrogens is 424 g/mol. The Morgan fingerprint density at radius 1 is 1.28 bits per heavy atom.